The number of esters is 2. The molecule has 2 aliphatic rings. The third-order valence-electron chi connectivity index (χ3n) is 4.60. The van der Waals surface area contributed by atoms with Crippen molar-refractivity contribution in [3.8, 4) is 0 Å². The molecule has 1 aromatic heterocycles. The lowest BCUT2D eigenvalue weighted by Crippen LogP contribution is -2.29. The highest BCUT2D eigenvalue weighted by molar-refractivity contribution is 8.04. The molecule has 2 heterocycles. The molecule has 1 saturated carbocycles. The van der Waals surface area contributed by atoms with Gasteiger partial charge in [0.25, 0.3) is 0 Å². The number of ether oxygens (including phenoxy) is 2. The molecule has 1 amide bonds. The van der Waals surface area contributed by atoms with Crippen LogP contribution in [0, 0.1) is 13.8 Å². The van der Waals surface area contributed by atoms with E-state index in [4.69, 9.17) is 9.47 Å². The molecule has 0 unspecified atom stereocenters. The number of hydrogen-bond donors (Lipinski definition) is 0. The fraction of sp³-hybridized carbons (Fsp3) is 0.526. The zero-order valence-electron chi connectivity index (χ0n) is 15.8. The zero-order valence-corrected chi connectivity index (χ0v) is 16.6. The van der Waals surface area contributed by atoms with Crippen molar-refractivity contribution in [1.82, 2.24) is 9.47 Å². The maximum atomic E-state index is 12.4. The highest BCUT2D eigenvalue weighted by atomic mass is 32.2. The molecule has 0 N–H and O–H groups in total. The molecular weight excluding hydrogens is 368 g/mol. The lowest BCUT2D eigenvalue weighted by Gasteiger charge is -2.16. The van der Waals surface area contributed by atoms with Gasteiger partial charge >= 0.3 is 11.9 Å². The molecule has 1 saturated heterocycles. The molecule has 0 bridgehead atoms. The van der Waals surface area contributed by atoms with Gasteiger partial charge in [0.2, 0.25) is 5.91 Å². The Balaban J connectivity index is 1.58. The predicted molar refractivity (Wildman–Crippen MR) is 101 cm³/mol. The Kier molecular flexibility index (Phi) is 5.94. The molecule has 7 nitrogen and oxygen atoms in total. The normalized spacial score (nSPS) is 18.3. The van der Waals surface area contributed by atoms with Crippen molar-refractivity contribution in [1.29, 1.82) is 0 Å². The number of carbonyl (C=O) groups excluding carboxylic acids is 3. The second kappa shape index (κ2) is 8.21. The first-order valence-electron chi connectivity index (χ1n) is 9.09. The fourth-order valence-electron chi connectivity index (χ4n) is 3.24. The van der Waals surface area contributed by atoms with E-state index in [1.54, 1.807) is 6.92 Å². The Bertz CT molecular complexity index is 794. The molecule has 0 spiro atoms. The van der Waals surface area contributed by atoms with Crippen molar-refractivity contribution in [3.05, 3.63) is 34.1 Å². The quantitative estimate of drug-likeness (QED) is 0.524. The molecule has 3 rings (SSSR count). The van der Waals surface area contributed by atoms with Gasteiger partial charge < -0.3 is 18.9 Å². The van der Waals surface area contributed by atoms with Gasteiger partial charge in [-0.25, -0.2) is 9.59 Å². The van der Waals surface area contributed by atoms with E-state index in [1.807, 2.05) is 19.9 Å². The van der Waals surface area contributed by atoms with Crippen molar-refractivity contribution in [2.75, 3.05) is 25.5 Å². The Morgan fingerprint density at radius 2 is 2.04 bits per heavy atom. The molecule has 0 atom stereocenters. The van der Waals surface area contributed by atoms with Crippen LogP contribution < -0.4 is 0 Å². The van der Waals surface area contributed by atoms with Crippen molar-refractivity contribution in [2.24, 2.45) is 0 Å². The molecule has 8 heteroatoms. The molecule has 1 aromatic rings. The smallest absolute Gasteiger partial charge is 0.340 e. The summed E-state index contributed by atoms with van der Waals surface area (Å²) in [6.45, 7) is 6.21. The Labute approximate surface area is 162 Å². The first kappa shape index (κ1) is 19.5. The van der Waals surface area contributed by atoms with Crippen LogP contribution in [0.2, 0.25) is 0 Å². The Hall–Kier alpha value is -2.22. The highest BCUT2D eigenvalue weighted by Gasteiger charge is 2.30. The predicted octanol–water partition coefficient (Wildman–Crippen LogP) is 2.58. The van der Waals surface area contributed by atoms with Crippen LogP contribution in [0.25, 0.3) is 0 Å². The summed E-state index contributed by atoms with van der Waals surface area (Å²) < 4.78 is 12.5. The number of carbonyl (C=O) groups is 3. The van der Waals surface area contributed by atoms with Gasteiger partial charge in [0.1, 0.15) is 6.61 Å². The number of aromatic nitrogens is 1. The maximum Gasteiger partial charge on any atom is 0.340 e. The summed E-state index contributed by atoms with van der Waals surface area (Å²) in [6.07, 6.45) is 3.61. The summed E-state index contributed by atoms with van der Waals surface area (Å²) in [5.74, 6) is -0.713. The van der Waals surface area contributed by atoms with Crippen LogP contribution in [0.15, 0.2) is 17.2 Å². The van der Waals surface area contributed by atoms with Crippen molar-refractivity contribution in [3.63, 3.8) is 0 Å². The number of hydrogen-bond acceptors (Lipinski definition) is 6. The Morgan fingerprint density at radius 1 is 1.30 bits per heavy atom. The van der Waals surface area contributed by atoms with Gasteiger partial charge in [-0.2, -0.15) is 0 Å². The van der Waals surface area contributed by atoms with Crippen molar-refractivity contribution >= 4 is 29.6 Å². The summed E-state index contributed by atoms with van der Waals surface area (Å²) in [7, 11) is 0. The van der Waals surface area contributed by atoms with Gasteiger partial charge in [-0.15, -0.1) is 0 Å². The van der Waals surface area contributed by atoms with E-state index >= 15 is 0 Å². The van der Waals surface area contributed by atoms with E-state index in [0.717, 1.165) is 24.2 Å². The molecule has 1 aliphatic heterocycles. The summed E-state index contributed by atoms with van der Waals surface area (Å²) in [6, 6.07) is 2.36. The van der Waals surface area contributed by atoms with E-state index in [0.29, 0.717) is 16.6 Å². The van der Waals surface area contributed by atoms with Crippen molar-refractivity contribution < 1.29 is 23.9 Å². The van der Waals surface area contributed by atoms with Gasteiger partial charge in [-0.05, 0) is 39.7 Å². The number of thioether (sulfide) groups is 1. The molecule has 27 heavy (non-hydrogen) atoms. The van der Waals surface area contributed by atoms with Crippen LogP contribution in [-0.4, -0.2) is 52.8 Å². The van der Waals surface area contributed by atoms with Crippen LogP contribution in [0.3, 0.4) is 0 Å². The Morgan fingerprint density at radius 3 is 2.70 bits per heavy atom. The highest BCUT2D eigenvalue weighted by Crippen LogP contribution is 2.38. The monoisotopic (exact) mass is 392 g/mol. The van der Waals surface area contributed by atoms with Crippen molar-refractivity contribution in [2.45, 2.75) is 39.7 Å². The van der Waals surface area contributed by atoms with Crippen LogP contribution in [0.4, 0.5) is 0 Å². The maximum absolute atomic E-state index is 12.4. The summed E-state index contributed by atoms with van der Waals surface area (Å²) >= 11 is 1.28. The van der Waals surface area contributed by atoms with Crippen LogP contribution in [0.5, 0.6) is 0 Å². The van der Waals surface area contributed by atoms with E-state index < -0.39 is 5.97 Å². The minimum atomic E-state index is -0.482. The first-order valence-corrected chi connectivity index (χ1v) is 10.1. The van der Waals surface area contributed by atoms with Gasteiger partial charge in [-0.1, -0.05) is 11.8 Å². The second-order valence-corrected chi connectivity index (χ2v) is 7.59. The zero-order chi connectivity index (χ0) is 19.6. The standard InChI is InChI=1S/C19H24N2O5S/c1-4-25-18(23)10-17-20(16(22)11-27-17)7-8-26-19(24)15-9-12(2)21(13(15)3)14-5-6-14/h9-10,14H,4-8,11H2,1-3H3/b17-10-. The van der Waals surface area contributed by atoms with Crippen LogP contribution in [-0.2, 0) is 19.1 Å². The SMILES string of the molecule is CCOC(=O)/C=C1\SCC(=O)N1CCOC(=O)c1cc(C)n(C2CC2)c1C. The molecular formula is C19H24N2O5S. The van der Waals surface area contributed by atoms with Gasteiger partial charge in [0.05, 0.1) is 35.6 Å². The minimum Gasteiger partial charge on any atom is -0.463 e. The average Bonchev–Trinajstić information content (AvgIpc) is 3.33. The molecule has 2 fully saturated rings. The third kappa shape index (κ3) is 4.37. The topological polar surface area (TPSA) is 77.8 Å². The lowest BCUT2D eigenvalue weighted by molar-refractivity contribution is -0.137. The molecule has 146 valence electrons. The van der Waals surface area contributed by atoms with Crippen LogP contribution in [0.1, 0.15) is 47.6 Å². The first-order chi connectivity index (χ1) is 12.9. The van der Waals surface area contributed by atoms with E-state index in [9.17, 15) is 14.4 Å². The van der Waals surface area contributed by atoms with Gasteiger partial charge in [-0.3, -0.25) is 4.79 Å². The number of rotatable bonds is 7. The van der Waals surface area contributed by atoms with E-state index in [2.05, 4.69) is 4.57 Å². The number of nitrogens with zero attached hydrogens (tertiary/aromatic N) is 2. The molecule has 0 aromatic carbocycles. The lowest BCUT2D eigenvalue weighted by atomic mass is 10.2. The summed E-state index contributed by atoms with van der Waals surface area (Å²) in [5, 5.41) is 0.529. The average molecular weight is 392 g/mol. The van der Waals surface area contributed by atoms with E-state index in [1.165, 1.54) is 22.7 Å². The van der Waals surface area contributed by atoms with Gasteiger partial charge in [0.15, 0.2) is 0 Å². The third-order valence-corrected chi connectivity index (χ3v) is 5.63. The van der Waals surface area contributed by atoms with Gasteiger partial charge in [0, 0.05) is 17.4 Å². The number of aryl methyl sites for hydroxylation is 1. The van der Waals surface area contributed by atoms with Crippen LogP contribution >= 0.6 is 11.8 Å². The largest absolute Gasteiger partial charge is 0.463 e. The molecule has 1 aliphatic carbocycles. The molecule has 0 radical (unpaired) electrons. The minimum absolute atomic E-state index is 0.0679. The van der Waals surface area contributed by atoms with E-state index in [-0.39, 0.29) is 37.4 Å². The number of amides is 1. The summed E-state index contributed by atoms with van der Waals surface area (Å²) in [5.41, 5.74) is 2.56. The fourth-order valence-corrected chi connectivity index (χ4v) is 4.20. The summed E-state index contributed by atoms with van der Waals surface area (Å²) in [4.78, 5) is 37.5. The second-order valence-electron chi connectivity index (χ2n) is 6.59.